The molecule has 0 saturated carbocycles. The lowest BCUT2D eigenvalue weighted by Crippen LogP contribution is -1.98. The normalized spacial score (nSPS) is 10.1. The van der Waals surface area contributed by atoms with E-state index in [4.69, 9.17) is 22.2 Å². The molecule has 0 atom stereocenters. The third-order valence-electron chi connectivity index (χ3n) is 2.33. The minimum Gasteiger partial charge on any atom is -0.378 e. The number of aromatic nitrogens is 2. The van der Waals surface area contributed by atoms with Crippen LogP contribution >= 0.6 is 12.2 Å². The second-order valence-electron chi connectivity index (χ2n) is 3.55. The number of aromatic amines is 1. The van der Waals surface area contributed by atoms with Gasteiger partial charge in [-0.2, -0.15) is 5.26 Å². The molecule has 1 aromatic heterocycles. The van der Waals surface area contributed by atoms with Crippen molar-refractivity contribution in [1.82, 2.24) is 9.78 Å². The van der Waals surface area contributed by atoms with Crippen LogP contribution in [0.4, 0.5) is 0 Å². The Morgan fingerprint density at radius 3 is 2.71 bits per heavy atom. The predicted octanol–water partition coefficient (Wildman–Crippen LogP) is 2.55. The molecule has 5 heteroatoms. The summed E-state index contributed by atoms with van der Waals surface area (Å²) in [6.07, 6.45) is 0. The van der Waals surface area contributed by atoms with Gasteiger partial charge in [0.1, 0.15) is 4.64 Å². The molecule has 1 aromatic carbocycles. The predicted molar refractivity (Wildman–Crippen MR) is 66.4 cm³/mol. The molecular weight excluding hydrogens is 234 g/mol. The number of H-pyrrole nitrogens is 1. The zero-order valence-electron chi connectivity index (χ0n) is 9.30. The third kappa shape index (κ3) is 2.44. The van der Waals surface area contributed by atoms with Crippen molar-refractivity contribution in [2.45, 2.75) is 6.61 Å². The first kappa shape index (κ1) is 11.6. The van der Waals surface area contributed by atoms with Gasteiger partial charge >= 0.3 is 0 Å². The van der Waals surface area contributed by atoms with Gasteiger partial charge in [-0.05, 0) is 30.3 Å². The topological polar surface area (TPSA) is 53.7 Å². The lowest BCUT2D eigenvalue weighted by molar-refractivity contribution is 0.181. The third-order valence-corrected chi connectivity index (χ3v) is 2.63. The lowest BCUT2D eigenvalue weighted by Gasteiger charge is -2.02. The van der Waals surface area contributed by atoms with Gasteiger partial charge in [-0.1, -0.05) is 12.2 Å². The Bertz CT molecular complexity index is 604. The van der Waals surface area contributed by atoms with Gasteiger partial charge in [-0.15, -0.1) is 0 Å². The number of benzene rings is 1. The number of nitrogens with zero attached hydrogens (tertiary/aromatic N) is 2. The van der Waals surface area contributed by atoms with Gasteiger partial charge in [-0.3, -0.25) is 5.10 Å². The number of rotatable bonds is 3. The average molecular weight is 245 g/mol. The summed E-state index contributed by atoms with van der Waals surface area (Å²) >= 11 is 5.24. The van der Waals surface area contributed by atoms with Crippen molar-refractivity contribution in [3.05, 3.63) is 46.2 Å². The van der Waals surface area contributed by atoms with Crippen molar-refractivity contribution in [1.29, 1.82) is 5.26 Å². The summed E-state index contributed by atoms with van der Waals surface area (Å²) in [5.41, 5.74) is 2.45. The molecule has 0 fully saturated rings. The van der Waals surface area contributed by atoms with Gasteiger partial charge in [-0.25, -0.2) is 4.68 Å². The van der Waals surface area contributed by atoms with Crippen LogP contribution in [0, 0.1) is 16.0 Å². The van der Waals surface area contributed by atoms with Gasteiger partial charge in [0, 0.05) is 7.11 Å². The van der Waals surface area contributed by atoms with Gasteiger partial charge < -0.3 is 4.74 Å². The zero-order chi connectivity index (χ0) is 12.3. The van der Waals surface area contributed by atoms with E-state index in [2.05, 4.69) is 11.2 Å². The quantitative estimate of drug-likeness (QED) is 0.845. The van der Waals surface area contributed by atoms with Gasteiger partial charge in [0.25, 0.3) is 0 Å². The van der Waals surface area contributed by atoms with Crippen molar-refractivity contribution < 1.29 is 4.74 Å². The highest BCUT2D eigenvalue weighted by Gasteiger charge is 2.02. The van der Waals surface area contributed by atoms with E-state index in [0.717, 1.165) is 11.4 Å². The number of hydrogen-bond donors (Lipinski definition) is 1. The standard InChI is InChI=1S/C12H11N3OS/c1-16-8-10-6-12(17)15(14-10)11-4-2-9(7-13)3-5-11/h2-6,14H,8H2,1H3. The second kappa shape index (κ2) is 4.95. The van der Waals surface area contributed by atoms with Gasteiger partial charge in [0.2, 0.25) is 0 Å². The van der Waals surface area contributed by atoms with E-state index >= 15 is 0 Å². The molecule has 0 aliphatic rings. The SMILES string of the molecule is COCc1cc(=S)n(-c2ccc(C#N)cc2)[nH]1. The summed E-state index contributed by atoms with van der Waals surface area (Å²) in [5.74, 6) is 0. The largest absolute Gasteiger partial charge is 0.378 e. The van der Waals surface area contributed by atoms with E-state index in [1.165, 1.54) is 0 Å². The maximum absolute atomic E-state index is 8.73. The average Bonchev–Trinajstić information content (AvgIpc) is 2.71. The van der Waals surface area contributed by atoms with Crippen LogP contribution in [-0.2, 0) is 11.3 Å². The Kier molecular flexibility index (Phi) is 3.38. The number of ether oxygens (including phenoxy) is 1. The maximum Gasteiger partial charge on any atom is 0.128 e. The van der Waals surface area contributed by atoms with Crippen LogP contribution in [0.5, 0.6) is 0 Å². The molecule has 17 heavy (non-hydrogen) atoms. The fourth-order valence-electron chi connectivity index (χ4n) is 1.55. The highest BCUT2D eigenvalue weighted by atomic mass is 32.1. The minimum absolute atomic E-state index is 0.493. The first-order valence-electron chi connectivity index (χ1n) is 5.05. The molecule has 0 spiro atoms. The second-order valence-corrected chi connectivity index (χ2v) is 3.96. The zero-order valence-corrected chi connectivity index (χ0v) is 10.1. The Labute approximate surface area is 104 Å². The first-order chi connectivity index (χ1) is 8.24. The van der Waals surface area contributed by atoms with Crippen LogP contribution in [0.25, 0.3) is 5.69 Å². The number of hydrogen-bond acceptors (Lipinski definition) is 3. The summed E-state index contributed by atoms with van der Waals surface area (Å²) in [7, 11) is 1.63. The van der Waals surface area contributed by atoms with Crippen LogP contribution in [0.2, 0.25) is 0 Å². The molecule has 1 heterocycles. The van der Waals surface area contributed by atoms with Crippen molar-refractivity contribution in [2.75, 3.05) is 7.11 Å². The van der Waals surface area contributed by atoms with E-state index in [-0.39, 0.29) is 0 Å². The highest BCUT2D eigenvalue weighted by Crippen LogP contribution is 2.11. The molecule has 0 amide bonds. The molecule has 2 rings (SSSR count). The van der Waals surface area contributed by atoms with E-state index in [1.807, 2.05) is 18.2 Å². The van der Waals surface area contributed by atoms with Gasteiger partial charge in [0.15, 0.2) is 0 Å². The Morgan fingerprint density at radius 1 is 1.41 bits per heavy atom. The molecular formula is C12H11N3OS. The number of nitrogens with one attached hydrogen (secondary N) is 1. The minimum atomic E-state index is 0.493. The number of nitriles is 1. The Balaban J connectivity index is 2.39. The van der Waals surface area contributed by atoms with Crippen LogP contribution in [0.3, 0.4) is 0 Å². The molecule has 1 N–H and O–H groups in total. The molecule has 4 nitrogen and oxygen atoms in total. The maximum atomic E-state index is 8.73. The number of methoxy groups -OCH3 is 1. The molecule has 0 bridgehead atoms. The molecule has 86 valence electrons. The van der Waals surface area contributed by atoms with Crippen LogP contribution in [-0.4, -0.2) is 16.9 Å². The monoisotopic (exact) mass is 245 g/mol. The van der Waals surface area contributed by atoms with Gasteiger partial charge in [0.05, 0.1) is 29.6 Å². The highest BCUT2D eigenvalue weighted by molar-refractivity contribution is 7.71. The molecule has 0 aliphatic carbocycles. The van der Waals surface area contributed by atoms with Crippen molar-refractivity contribution in [2.24, 2.45) is 0 Å². The summed E-state index contributed by atoms with van der Waals surface area (Å²) in [5, 5.41) is 11.9. The smallest absolute Gasteiger partial charge is 0.128 e. The molecule has 0 aliphatic heterocycles. The molecule has 0 unspecified atom stereocenters. The summed E-state index contributed by atoms with van der Waals surface area (Å²) in [6.45, 7) is 0.493. The van der Waals surface area contributed by atoms with E-state index in [1.54, 1.807) is 23.9 Å². The van der Waals surface area contributed by atoms with Crippen LogP contribution in [0.15, 0.2) is 30.3 Å². The van der Waals surface area contributed by atoms with Crippen LogP contribution in [0.1, 0.15) is 11.3 Å². The van der Waals surface area contributed by atoms with Crippen molar-refractivity contribution in [3.8, 4) is 11.8 Å². The first-order valence-corrected chi connectivity index (χ1v) is 5.46. The Hall–Kier alpha value is -1.90. The Morgan fingerprint density at radius 2 is 2.12 bits per heavy atom. The fraction of sp³-hybridized carbons (Fsp3) is 0.167. The summed E-state index contributed by atoms with van der Waals surface area (Å²) < 4.78 is 7.50. The molecule has 0 radical (unpaired) electrons. The molecule has 0 saturated heterocycles. The van der Waals surface area contributed by atoms with Crippen LogP contribution < -0.4 is 0 Å². The van der Waals surface area contributed by atoms with Crippen molar-refractivity contribution in [3.63, 3.8) is 0 Å². The van der Waals surface area contributed by atoms with E-state index in [9.17, 15) is 0 Å². The summed E-state index contributed by atoms with van der Waals surface area (Å²) in [6, 6.07) is 11.2. The van der Waals surface area contributed by atoms with Crippen molar-refractivity contribution >= 4 is 12.2 Å². The van der Waals surface area contributed by atoms with E-state index < -0.39 is 0 Å². The van der Waals surface area contributed by atoms with E-state index in [0.29, 0.717) is 16.8 Å². The summed E-state index contributed by atoms with van der Waals surface area (Å²) in [4.78, 5) is 0. The fourth-order valence-corrected chi connectivity index (χ4v) is 1.84. The molecule has 2 aromatic rings. The lowest BCUT2D eigenvalue weighted by atomic mass is 10.2.